The molecule has 0 saturated carbocycles. The molecule has 0 atom stereocenters. The third kappa shape index (κ3) is 8.26. The van der Waals surface area contributed by atoms with Crippen molar-refractivity contribution in [2.75, 3.05) is 20.3 Å². The molecule has 10 heteroatoms. The van der Waals surface area contributed by atoms with E-state index in [0.29, 0.717) is 13.2 Å². The molecule has 1 aromatic rings. The summed E-state index contributed by atoms with van der Waals surface area (Å²) in [6.07, 6.45) is 0. The molecule has 0 fully saturated rings. The summed E-state index contributed by atoms with van der Waals surface area (Å²) in [5.74, 6) is 0. The summed E-state index contributed by atoms with van der Waals surface area (Å²) in [7, 11) is 0.522. The van der Waals surface area contributed by atoms with Crippen LogP contribution in [-0.4, -0.2) is 30.2 Å². The molecule has 0 bridgehead atoms. The molecular formula is C11H17N2O7P. The van der Waals surface area contributed by atoms with Gasteiger partial charge < -0.3 is 13.6 Å². The maximum absolute atomic E-state index is 10.1. The average molecular weight is 320 g/mol. The van der Waals surface area contributed by atoms with Crippen molar-refractivity contribution in [3.05, 3.63) is 44.5 Å². The molecule has 0 aliphatic rings. The van der Waals surface area contributed by atoms with E-state index in [1.165, 1.54) is 0 Å². The molecule has 9 nitrogen and oxygen atoms in total. The zero-order valence-corrected chi connectivity index (χ0v) is 12.8. The number of nitrogens with zero attached hydrogens (tertiary/aromatic N) is 2. The quantitative estimate of drug-likeness (QED) is 0.429. The number of non-ortho nitro benzene ring substituents is 2. The number of nitro groups is 2. The van der Waals surface area contributed by atoms with Gasteiger partial charge in [0, 0.05) is 31.4 Å². The minimum Gasteiger partial charge on any atom is -0.316 e. The zero-order chi connectivity index (χ0) is 16.3. The predicted molar refractivity (Wildman–Crippen MR) is 76.9 cm³/mol. The molecule has 0 radical (unpaired) electrons. The van der Waals surface area contributed by atoms with Crippen molar-refractivity contribution in [2.24, 2.45) is 0 Å². The lowest BCUT2D eigenvalue weighted by Gasteiger charge is -2.10. The lowest BCUT2D eigenvalue weighted by Crippen LogP contribution is -1.91. The van der Waals surface area contributed by atoms with Gasteiger partial charge >= 0.3 is 8.60 Å². The number of rotatable bonds is 7. The van der Waals surface area contributed by atoms with Gasteiger partial charge in [0.1, 0.15) is 0 Å². The summed E-state index contributed by atoms with van der Waals surface area (Å²) in [4.78, 5) is 19.0. The average Bonchev–Trinajstić information content (AvgIpc) is 2.47. The molecule has 0 N–H and O–H groups in total. The SMILES string of the molecule is CCOP(OC)OCC.O=[N+]([O-])c1ccc([N+](=O)[O-])cc1. The Hall–Kier alpha value is -1.67. The molecule has 1 aromatic carbocycles. The number of benzene rings is 1. The van der Waals surface area contributed by atoms with Crippen LogP contribution < -0.4 is 0 Å². The molecule has 0 aliphatic carbocycles. The Kier molecular flexibility index (Phi) is 10.2. The lowest BCUT2D eigenvalue weighted by atomic mass is 10.3. The first-order chi connectivity index (χ1) is 9.96. The summed E-state index contributed by atoms with van der Waals surface area (Å²) in [6.45, 7) is 5.10. The summed E-state index contributed by atoms with van der Waals surface area (Å²) < 4.78 is 15.0. The predicted octanol–water partition coefficient (Wildman–Crippen LogP) is 3.44. The van der Waals surface area contributed by atoms with Crippen molar-refractivity contribution in [1.82, 2.24) is 0 Å². The van der Waals surface area contributed by atoms with Gasteiger partial charge in [-0.2, -0.15) is 0 Å². The highest BCUT2D eigenvalue weighted by Gasteiger charge is 2.09. The van der Waals surface area contributed by atoms with Gasteiger partial charge in [0.2, 0.25) is 0 Å². The maximum Gasteiger partial charge on any atom is 0.332 e. The number of nitro benzene ring substituents is 2. The highest BCUT2D eigenvalue weighted by molar-refractivity contribution is 7.41. The fourth-order valence-electron chi connectivity index (χ4n) is 1.05. The van der Waals surface area contributed by atoms with E-state index in [1.54, 1.807) is 7.11 Å². The van der Waals surface area contributed by atoms with Crippen LogP contribution in [0.4, 0.5) is 11.4 Å². The van der Waals surface area contributed by atoms with Crippen LogP contribution in [0.1, 0.15) is 13.8 Å². The minimum atomic E-state index is -1.06. The summed E-state index contributed by atoms with van der Waals surface area (Å²) in [5, 5.41) is 20.2. The second-order valence-corrected chi connectivity index (χ2v) is 4.60. The molecular weight excluding hydrogens is 303 g/mol. The fourth-order valence-corrected chi connectivity index (χ4v) is 1.76. The van der Waals surface area contributed by atoms with E-state index >= 15 is 0 Å². The van der Waals surface area contributed by atoms with Crippen molar-refractivity contribution in [3.8, 4) is 0 Å². The number of hydrogen-bond donors (Lipinski definition) is 0. The normalized spacial score (nSPS) is 9.90. The first kappa shape index (κ1) is 19.3. The van der Waals surface area contributed by atoms with E-state index in [9.17, 15) is 20.2 Å². The van der Waals surface area contributed by atoms with Crippen LogP contribution in [0.5, 0.6) is 0 Å². The molecule has 0 aromatic heterocycles. The van der Waals surface area contributed by atoms with Gasteiger partial charge in [-0.05, 0) is 13.8 Å². The van der Waals surface area contributed by atoms with E-state index in [1.807, 2.05) is 13.8 Å². The molecule has 0 amide bonds. The van der Waals surface area contributed by atoms with Gasteiger partial charge in [-0.3, -0.25) is 20.2 Å². The zero-order valence-electron chi connectivity index (χ0n) is 11.9. The van der Waals surface area contributed by atoms with E-state index in [2.05, 4.69) is 0 Å². The van der Waals surface area contributed by atoms with Gasteiger partial charge in [-0.1, -0.05) is 0 Å². The number of hydrogen-bond acceptors (Lipinski definition) is 7. The van der Waals surface area contributed by atoms with Crippen molar-refractivity contribution in [2.45, 2.75) is 13.8 Å². The highest BCUT2D eigenvalue weighted by Crippen LogP contribution is 2.37. The first-order valence-electron chi connectivity index (χ1n) is 5.95. The van der Waals surface area contributed by atoms with Gasteiger partial charge in [0.05, 0.1) is 23.1 Å². The monoisotopic (exact) mass is 320 g/mol. The van der Waals surface area contributed by atoms with Crippen molar-refractivity contribution >= 4 is 20.0 Å². The first-order valence-corrected chi connectivity index (χ1v) is 7.04. The molecule has 0 aliphatic heterocycles. The highest BCUT2D eigenvalue weighted by atomic mass is 31.2. The molecule has 0 heterocycles. The molecule has 21 heavy (non-hydrogen) atoms. The smallest absolute Gasteiger partial charge is 0.316 e. The fraction of sp³-hybridized carbons (Fsp3) is 0.455. The summed E-state index contributed by atoms with van der Waals surface area (Å²) in [6, 6.07) is 4.38. The van der Waals surface area contributed by atoms with Gasteiger partial charge in [0.15, 0.2) is 0 Å². The molecule has 0 unspecified atom stereocenters. The van der Waals surface area contributed by atoms with Crippen LogP contribution in [0.3, 0.4) is 0 Å². The van der Waals surface area contributed by atoms with Gasteiger partial charge in [-0.25, -0.2) is 0 Å². The summed E-state index contributed by atoms with van der Waals surface area (Å²) in [5.41, 5.74) is -0.304. The van der Waals surface area contributed by atoms with Crippen molar-refractivity contribution in [1.29, 1.82) is 0 Å². The van der Waals surface area contributed by atoms with Crippen LogP contribution in [0.25, 0.3) is 0 Å². The second kappa shape index (κ2) is 11.0. The van der Waals surface area contributed by atoms with Gasteiger partial charge in [-0.15, -0.1) is 0 Å². The minimum absolute atomic E-state index is 0.152. The Morgan fingerprint density at radius 3 is 1.48 bits per heavy atom. The van der Waals surface area contributed by atoms with Gasteiger partial charge in [0.25, 0.3) is 11.4 Å². The van der Waals surface area contributed by atoms with Crippen LogP contribution in [0.2, 0.25) is 0 Å². The van der Waals surface area contributed by atoms with Crippen LogP contribution >= 0.6 is 8.60 Å². The van der Waals surface area contributed by atoms with E-state index < -0.39 is 18.4 Å². The molecule has 1 rings (SSSR count). The molecule has 0 saturated heterocycles. The Bertz CT molecular complexity index is 402. The molecule has 118 valence electrons. The van der Waals surface area contributed by atoms with E-state index in [4.69, 9.17) is 13.6 Å². The third-order valence-electron chi connectivity index (χ3n) is 1.89. The van der Waals surface area contributed by atoms with Crippen molar-refractivity contribution in [3.63, 3.8) is 0 Å². The largest absolute Gasteiger partial charge is 0.332 e. The maximum atomic E-state index is 10.1. The van der Waals surface area contributed by atoms with Crippen LogP contribution in [-0.2, 0) is 13.6 Å². The lowest BCUT2D eigenvalue weighted by molar-refractivity contribution is -0.389. The molecule has 0 spiro atoms. The van der Waals surface area contributed by atoms with Crippen molar-refractivity contribution < 1.29 is 23.4 Å². The van der Waals surface area contributed by atoms with Crippen LogP contribution in [0, 0.1) is 20.2 Å². The Balaban J connectivity index is 0.000000400. The summed E-state index contributed by atoms with van der Waals surface area (Å²) >= 11 is 0. The Morgan fingerprint density at radius 1 is 0.952 bits per heavy atom. The topological polar surface area (TPSA) is 114 Å². The standard InChI is InChI=1S/C6H4N2O4.C5H13O3P/c9-7(10)5-1-2-6(4-3-5)8(11)12;1-4-7-9(6-3)8-5-2/h1-4H;4-5H2,1-3H3. The third-order valence-corrected chi connectivity index (χ3v) is 3.13. The van der Waals surface area contributed by atoms with E-state index in [0.717, 1.165) is 24.3 Å². The second-order valence-electron chi connectivity index (χ2n) is 3.27. The van der Waals surface area contributed by atoms with E-state index in [-0.39, 0.29) is 11.4 Å². The Labute approximate surface area is 123 Å². The van der Waals surface area contributed by atoms with Crippen LogP contribution in [0.15, 0.2) is 24.3 Å². The Morgan fingerprint density at radius 2 is 1.29 bits per heavy atom.